The van der Waals surface area contributed by atoms with Crippen LogP contribution >= 0.6 is 0 Å². The number of fused-ring (bicyclic) bond motifs is 2. The number of rotatable bonds is 5. The molecule has 4 fully saturated rings. The number of imidazole rings is 2. The summed E-state index contributed by atoms with van der Waals surface area (Å²) in [4.78, 5) is 30.0. The molecule has 41 heavy (non-hydrogen) atoms. The lowest BCUT2D eigenvalue weighted by molar-refractivity contribution is -0.178. The van der Waals surface area contributed by atoms with Crippen molar-refractivity contribution < 1.29 is 9.18 Å². The molecule has 1 saturated heterocycles. The van der Waals surface area contributed by atoms with Gasteiger partial charge >= 0.3 is 0 Å². The van der Waals surface area contributed by atoms with E-state index in [1.165, 1.54) is 44.5 Å². The number of nitrogen functional groups attached to an aromatic ring is 1. The second-order valence-electron chi connectivity index (χ2n) is 12.1. The smallest absolute Gasteiger partial charge is 0.271 e. The number of aryl methyl sites for hydroxylation is 1. The number of halogens is 1. The van der Waals surface area contributed by atoms with E-state index in [9.17, 15) is 9.18 Å². The standard InChI is InChI=1S/C31H31FN8O/c1-19-13-34-24-10-7-21(14-39(19)24)26-25(20-5-8-22(32)9-6-20)36-27(33)28-35-23(15-40(26)28)29(41)37-30-16-31(17-30,18-30)38-11-3-2-4-12-38/h5-10,13-15H,2-4,11-12,16-18H2,1H3,(H2,33,36)(H,37,41). The monoisotopic (exact) mass is 550 g/mol. The molecule has 1 aliphatic heterocycles. The van der Waals surface area contributed by atoms with Gasteiger partial charge in [-0.3, -0.25) is 14.1 Å². The zero-order valence-electron chi connectivity index (χ0n) is 22.9. The van der Waals surface area contributed by atoms with Crippen molar-refractivity contribution in [1.82, 2.24) is 34.0 Å². The number of nitrogens with zero attached hydrogens (tertiary/aromatic N) is 6. The van der Waals surface area contributed by atoms with Crippen LogP contribution in [-0.4, -0.2) is 58.7 Å². The van der Waals surface area contributed by atoms with Crippen LogP contribution in [0, 0.1) is 12.7 Å². The molecule has 5 heterocycles. The number of hydrogen-bond donors (Lipinski definition) is 2. The molecule has 208 valence electrons. The molecular weight excluding hydrogens is 519 g/mol. The van der Waals surface area contributed by atoms with Crippen LogP contribution in [0.2, 0.25) is 0 Å². The Hall–Kier alpha value is -4.31. The lowest BCUT2D eigenvalue weighted by Crippen LogP contribution is -2.84. The summed E-state index contributed by atoms with van der Waals surface area (Å²) in [5.41, 5.74) is 11.9. The molecule has 3 N–H and O–H groups in total. The number of amides is 1. The van der Waals surface area contributed by atoms with E-state index in [1.807, 2.05) is 40.3 Å². The van der Waals surface area contributed by atoms with Gasteiger partial charge in [-0.1, -0.05) is 6.42 Å². The first kappa shape index (κ1) is 24.5. The van der Waals surface area contributed by atoms with Gasteiger partial charge in [0.2, 0.25) is 0 Å². The number of likely N-dealkylation sites (tertiary alicyclic amines) is 1. The highest BCUT2D eigenvalue weighted by molar-refractivity contribution is 5.95. The highest BCUT2D eigenvalue weighted by atomic mass is 19.1. The Kier molecular flexibility index (Phi) is 5.13. The molecular formula is C31H31FN8O. The quantitative estimate of drug-likeness (QED) is 0.331. The number of aromatic nitrogens is 5. The van der Waals surface area contributed by atoms with E-state index < -0.39 is 0 Å². The van der Waals surface area contributed by atoms with E-state index in [0.717, 1.165) is 36.2 Å². The molecule has 0 radical (unpaired) electrons. The predicted molar refractivity (Wildman–Crippen MR) is 154 cm³/mol. The second-order valence-corrected chi connectivity index (χ2v) is 12.1. The third-order valence-electron chi connectivity index (χ3n) is 9.35. The van der Waals surface area contributed by atoms with Crippen molar-refractivity contribution in [3.63, 3.8) is 0 Å². The van der Waals surface area contributed by atoms with Gasteiger partial charge in [0.1, 0.15) is 17.2 Å². The van der Waals surface area contributed by atoms with Gasteiger partial charge in [0.05, 0.1) is 11.4 Å². The summed E-state index contributed by atoms with van der Waals surface area (Å²) in [7, 11) is 0. The molecule has 10 heteroatoms. The normalized spacial score (nSPS) is 23.9. The molecule has 4 aromatic heterocycles. The first-order valence-electron chi connectivity index (χ1n) is 14.3. The lowest BCUT2D eigenvalue weighted by atomic mass is 9.43. The van der Waals surface area contributed by atoms with Gasteiger partial charge in [0, 0.05) is 46.5 Å². The molecule has 0 unspecified atom stereocenters. The molecule has 5 aromatic rings. The maximum atomic E-state index is 13.8. The largest absolute Gasteiger partial charge is 0.381 e. The number of hydrogen-bond acceptors (Lipinski definition) is 6. The fourth-order valence-corrected chi connectivity index (χ4v) is 7.38. The van der Waals surface area contributed by atoms with Gasteiger partial charge in [-0.15, -0.1) is 0 Å². The van der Waals surface area contributed by atoms with Crippen LogP contribution in [0.5, 0.6) is 0 Å². The predicted octanol–water partition coefficient (Wildman–Crippen LogP) is 4.63. The van der Waals surface area contributed by atoms with Crippen molar-refractivity contribution in [2.24, 2.45) is 0 Å². The number of nitrogens with one attached hydrogen (secondary N) is 1. The second kappa shape index (κ2) is 8.59. The van der Waals surface area contributed by atoms with Gasteiger partial charge in [-0.2, -0.15) is 0 Å². The van der Waals surface area contributed by atoms with Crippen LogP contribution in [0.25, 0.3) is 33.8 Å². The molecule has 0 atom stereocenters. The molecule has 2 bridgehead atoms. The number of benzene rings is 1. The third kappa shape index (κ3) is 3.70. The summed E-state index contributed by atoms with van der Waals surface area (Å²) >= 11 is 0. The summed E-state index contributed by atoms with van der Waals surface area (Å²) in [5, 5.41) is 3.30. The van der Waals surface area contributed by atoms with Gasteiger partial charge in [0.25, 0.3) is 5.91 Å². The van der Waals surface area contributed by atoms with Crippen LogP contribution in [0.15, 0.2) is 55.0 Å². The van der Waals surface area contributed by atoms with Crippen LogP contribution in [0.3, 0.4) is 0 Å². The minimum atomic E-state index is -0.336. The van der Waals surface area contributed by atoms with Gasteiger partial charge in [-0.25, -0.2) is 19.3 Å². The van der Waals surface area contributed by atoms with Crippen molar-refractivity contribution >= 4 is 23.0 Å². The van der Waals surface area contributed by atoms with E-state index in [2.05, 4.69) is 20.2 Å². The Morgan fingerprint density at radius 2 is 1.68 bits per heavy atom. The number of piperidine rings is 1. The number of carbonyl (C=O) groups excluding carboxylic acids is 1. The summed E-state index contributed by atoms with van der Waals surface area (Å²) in [6, 6.07) is 10.1. The van der Waals surface area contributed by atoms with Crippen molar-refractivity contribution in [3.05, 3.63) is 72.2 Å². The Labute approximate surface area is 236 Å². The van der Waals surface area contributed by atoms with Crippen molar-refractivity contribution in [2.75, 3.05) is 18.8 Å². The first-order valence-corrected chi connectivity index (χ1v) is 14.3. The zero-order chi connectivity index (χ0) is 27.9. The summed E-state index contributed by atoms with van der Waals surface area (Å²) in [6.07, 6.45) is 12.4. The summed E-state index contributed by atoms with van der Waals surface area (Å²) in [5.74, 6) is -0.339. The van der Waals surface area contributed by atoms with Gasteiger partial charge in [-0.05, 0) is 88.5 Å². The number of pyridine rings is 1. The van der Waals surface area contributed by atoms with E-state index in [-0.39, 0.29) is 28.6 Å². The molecule has 1 aromatic carbocycles. The summed E-state index contributed by atoms with van der Waals surface area (Å²) < 4.78 is 17.6. The Morgan fingerprint density at radius 3 is 2.44 bits per heavy atom. The molecule has 9 nitrogen and oxygen atoms in total. The topological polar surface area (TPSA) is 106 Å². The van der Waals surface area contributed by atoms with Crippen LogP contribution in [0.1, 0.15) is 54.7 Å². The van der Waals surface area contributed by atoms with Gasteiger partial charge in [0.15, 0.2) is 11.5 Å². The SMILES string of the molecule is Cc1cnc2ccc(-c3c(-c4ccc(F)cc4)nc(N)c4nc(C(=O)NC56CC(N7CCCCC7)(C5)C6)cn34)cn12. The van der Waals surface area contributed by atoms with Crippen molar-refractivity contribution in [2.45, 2.75) is 56.5 Å². The van der Waals surface area contributed by atoms with Crippen LogP contribution in [0.4, 0.5) is 10.2 Å². The first-order chi connectivity index (χ1) is 19.8. The average Bonchev–Trinajstić information content (AvgIpc) is 3.55. The van der Waals surface area contributed by atoms with E-state index in [0.29, 0.717) is 28.3 Å². The van der Waals surface area contributed by atoms with E-state index in [1.54, 1.807) is 18.3 Å². The Morgan fingerprint density at radius 1 is 0.951 bits per heavy atom. The fourth-order valence-electron chi connectivity index (χ4n) is 7.38. The number of nitrogens with two attached hydrogens (primary N) is 1. The van der Waals surface area contributed by atoms with E-state index >= 15 is 0 Å². The maximum absolute atomic E-state index is 13.8. The average molecular weight is 551 g/mol. The fraction of sp³-hybridized carbons (Fsp3) is 0.355. The molecule has 4 aliphatic rings. The third-order valence-corrected chi connectivity index (χ3v) is 9.35. The van der Waals surface area contributed by atoms with E-state index in [4.69, 9.17) is 10.7 Å². The molecule has 9 rings (SSSR count). The Balaban J connectivity index is 1.18. The minimum Gasteiger partial charge on any atom is -0.381 e. The number of anilines is 1. The van der Waals surface area contributed by atoms with Crippen molar-refractivity contribution in [1.29, 1.82) is 0 Å². The lowest BCUT2D eigenvalue weighted by Gasteiger charge is -2.74. The van der Waals surface area contributed by atoms with Gasteiger partial charge < -0.3 is 15.5 Å². The van der Waals surface area contributed by atoms with Crippen LogP contribution in [-0.2, 0) is 0 Å². The van der Waals surface area contributed by atoms with Crippen molar-refractivity contribution in [3.8, 4) is 22.5 Å². The molecule has 1 amide bonds. The molecule has 3 saturated carbocycles. The highest BCUT2D eigenvalue weighted by Gasteiger charge is 2.70. The Bertz CT molecular complexity index is 1830. The van der Waals surface area contributed by atoms with Crippen LogP contribution < -0.4 is 11.1 Å². The number of carbonyl (C=O) groups is 1. The minimum absolute atomic E-state index is 0.139. The molecule has 0 spiro atoms. The molecule has 3 aliphatic carbocycles. The zero-order valence-corrected chi connectivity index (χ0v) is 22.9. The maximum Gasteiger partial charge on any atom is 0.271 e. The highest BCUT2D eigenvalue weighted by Crippen LogP contribution is 2.64. The summed E-state index contributed by atoms with van der Waals surface area (Å²) in [6.45, 7) is 4.33.